The lowest BCUT2D eigenvalue weighted by atomic mass is 9.84. The third kappa shape index (κ3) is 5.08. The first-order valence-corrected chi connectivity index (χ1v) is 14.6. The highest BCUT2D eigenvalue weighted by Gasteiger charge is 2.35. The van der Waals surface area contributed by atoms with E-state index in [1.165, 1.54) is 17.8 Å². The van der Waals surface area contributed by atoms with Crippen LogP contribution in [-0.2, 0) is 21.4 Å². The van der Waals surface area contributed by atoms with Crippen LogP contribution in [0, 0.1) is 5.92 Å². The van der Waals surface area contributed by atoms with Gasteiger partial charge in [0.2, 0.25) is 5.91 Å². The van der Waals surface area contributed by atoms with Crippen molar-refractivity contribution < 1.29 is 13.2 Å². The smallest absolute Gasteiger partial charge is 0.329 e. The number of carbonyl (C=O) groups is 1. The van der Waals surface area contributed by atoms with Crippen molar-refractivity contribution >= 4 is 27.0 Å². The monoisotopic (exact) mass is 547 g/mol. The molecule has 2 aliphatic rings. The van der Waals surface area contributed by atoms with Crippen LogP contribution in [0.25, 0.3) is 11.0 Å². The number of hydrogen-bond acceptors (Lipinski definition) is 6. The summed E-state index contributed by atoms with van der Waals surface area (Å²) in [7, 11) is -2.06. The van der Waals surface area contributed by atoms with Gasteiger partial charge in [0.05, 0.1) is 23.6 Å². The normalized spacial score (nSPS) is 19.5. The number of likely N-dealkylation sites (N-methyl/N-ethyl adjacent to an activating group) is 1. The number of imidazole rings is 1. The summed E-state index contributed by atoms with van der Waals surface area (Å²) in [6.07, 6.45) is 11.0. The molecule has 0 saturated carbocycles. The number of para-hydroxylation sites is 2. The highest BCUT2D eigenvalue weighted by molar-refractivity contribution is 7.90. The van der Waals surface area contributed by atoms with E-state index in [2.05, 4.69) is 53.0 Å². The van der Waals surface area contributed by atoms with Gasteiger partial charge in [0.15, 0.2) is 5.03 Å². The van der Waals surface area contributed by atoms with E-state index in [1.54, 1.807) is 21.3 Å². The summed E-state index contributed by atoms with van der Waals surface area (Å²) in [6, 6.07) is 11.8. The van der Waals surface area contributed by atoms with Crippen LogP contribution in [-0.4, -0.2) is 46.4 Å². The average Bonchev–Trinajstić information content (AvgIpc) is 3.38. The third-order valence-corrected chi connectivity index (χ3v) is 8.81. The Hall–Kier alpha value is -3.92. The van der Waals surface area contributed by atoms with E-state index in [1.807, 2.05) is 31.2 Å². The lowest BCUT2D eigenvalue weighted by molar-refractivity contribution is -0.120. The molecule has 1 aromatic carbocycles. The molecule has 204 valence electrons. The maximum absolute atomic E-state index is 14.0. The Morgan fingerprint density at radius 3 is 2.59 bits per heavy atom. The number of rotatable bonds is 9. The fourth-order valence-corrected chi connectivity index (χ4v) is 6.74. The number of nitrogens with one attached hydrogen (secondary N) is 1. The zero-order chi connectivity index (χ0) is 27.7. The minimum atomic E-state index is -4.11. The van der Waals surface area contributed by atoms with Crippen molar-refractivity contribution in [3.8, 4) is 0 Å². The van der Waals surface area contributed by atoms with Gasteiger partial charge >= 0.3 is 5.69 Å². The summed E-state index contributed by atoms with van der Waals surface area (Å²) in [4.78, 5) is 33.0. The summed E-state index contributed by atoms with van der Waals surface area (Å²) in [5, 5.41) is -0.228. The van der Waals surface area contributed by atoms with Crippen LogP contribution in [0.3, 0.4) is 0 Å². The fraction of sp³-hybridized carbons (Fsp3) is 0.345. The lowest BCUT2D eigenvalue weighted by Crippen LogP contribution is -2.35. The molecule has 2 unspecified atom stereocenters. The maximum Gasteiger partial charge on any atom is 0.329 e. The van der Waals surface area contributed by atoms with Gasteiger partial charge in [0.1, 0.15) is 0 Å². The van der Waals surface area contributed by atoms with Gasteiger partial charge < -0.3 is 4.90 Å². The third-order valence-electron chi connectivity index (χ3n) is 7.52. The van der Waals surface area contributed by atoms with E-state index in [0.717, 1.165) is 16.6 Å². The predicted octanol–water partition coefficient (Wildman–Crippen LogP) is 3.76. The van der Waals surface area contributed by atoms with E-state index in [4.69, 9.17) is 0 Å². The van der Waals surface area contributed by atoms with Gasteiger partial charge in [-0.1, -0.05) is 55.3 Å². The molecule has 3 atom stereocenters. The SMILES string of the molecule is CCC[C@@H](CC(=O)NS(=O)(=O)c1ccccn1)n1c(=O)n(CC2=CN(C)C3C=CC=C(C)C23)c2ccccc21. The van der Waals surface area contributed by atoms with E-state index in [0.29, 0.717) is 19.4 Å². The molecule has 0 bridgehead atoms. The molecule has 3 heterocycles. The zero-order valence-electron chi connectivity index (χ0n) is 22.3. The Morgan fingerprint density at radius 2 is 1.87 bits per heavy atom. The van der Waals surface area contributed by atoms with Crippen LogP contribution in [0.5, 0.6) is 0 Å². The van der Waals surface area contributed by atoms with Crippen LogP contribution in [0.4, 0.5) is 0 Å². The highest BCUT2D eigenvalue weighted by Crippen LogP contribution is 2.37. The topological polar surface area (TPSA) is 106 Å². The predicted molar refractivity (Wildman–Crippen MR) is 150 cm³/mol. The zero-order valence-corrected chi connectivity index (χ0v) is 23.1. The second kappa shape index (κ2) is 10.7. The number of pyridine rings is 1. The summed E-state index contributed by atoms with van der Waals surface area (Å²) in [5.41, 5.74) is 3.70. The van der Waals surface area contributed by atoms with Crippen LogP contribution in [0.2, 0.25) is 0 Å². The molecule has 9 nitrogen and oxygen atoms in total. The Balaban J connectivity index is 1.47. The number of benzene rings is 1. The molecule has 0 fully saturated rings. The summed E-state index contributed by atoms with van der Waals surface area (Å²) < 4.78 is 30.9. The highest BCUT2D eigenvalue weighted by atomic mass is 32.2. The standard InChI is InChI=1S/C29H33N5O4S/c1-4-10-22(17-26(35)31-39(37,38)27-15-7-8-16-30-27)34-24-13-6-5-12-23(24)33(29(34)36)19-21-18-32(3)25-14-9-11-20(2)28(21)25/h5-9,11-16,18,22,25,28H,4,10,17,19H2,1-3H3,(H,31,35)/t22-,25?,28?/m0/s1. The summed E-state index contributed by atoms with van der Waals surface area (Å²) in [5.74, 6) is -0.483. The molecular formula is C29H33N5O4S. The number of aromatic nitrogens is 3. The largest absolute Gasteiger partial charge is 0.373 e. The maximum atomic E-state index is 14.0. The van der Waals surface area contributed by atoms with E-state index in [9.17, 15) is 18.0 Å². The number of fused-ring (bicyclic) bond motifs is 2. The Labute approximate surface area is 228 Å². The van der Waals surface area contributed by atoms with Gasteiger partial charge in [-0.25, -0.2) is 14.5 Å². The van der Waals surface area contributed by atoms with Crippen molar-refractivity contribution in [2.75, 3.05) is 7.05 Å². The van der Waals surface area contributed by atoms with Crippen LogP contribution in [0.1, 0.15) is 39.2 Å². The van der Waals surface area contributed by atoms with Crippen molar-refractivity contribution in [3.63, 3.8) is 0 Å². The molecule has 1 aliphatic heterocycles. The van der Waals surface area contributed by atoms with Crippen molar-refractivity contribution in [2.45, 2.75) is 56.8 Å². The molecule has 1 N–H and O–H groups in total. The minimum Gasteiger partial charge on any atom is -0.373 e. The van der Waals surface area contributed by atoms with Crippen LogP contribution < -0.4 is 10.4 Å². The molecule has 0 saturated heterocycles. The summed E-state index contributed by atoms with van der Waals surface area (Å²) in [6.45, 7) is 4.52. The molecule has 39 heavy (non-hydrogen) atoms. The Bertz CT molecular complexity index is 1650. The second-order valence-corrected chi connectivity index (χ2v) is 11.8. The average molecular weight is 548 g/mol. The Kier molecular flexibility index (Phi) is 7.31. The van der Waals surface area contributed by atoms with Gasteiger partial charge in [-0.2, -0.15) is 8.42 Å². The van der Waals surface area contributed by atoms with Gasteiger partial charge in [0.25, 0.3) is 10.0 Å². The van der Waals surface area contributed by atoms with E-state index >= 15 is 0 Å². The second-order valence-electron chi connectivity index (χ2n) is 10.2. The molecule has 5 rings (SSSR count). The molecule has 3 aromatic rings. The first kappa shape index (κ1) is 26.7. The van der Waals surface area contributed by atoms with Crippen molar-refractivity contribution in [3.05, 3.63) is 94.7 Å². The quantitative estimate of drug-likeness (QED) is 0.437. The van der Waals surface area contributed by atoms with Crippen LogP contribution >= 0.6 is 0 Å². The first-order valence-electron chi connectivity index (χ1n) is 13.1. The van der Waals surface area contributed by atoms with E-state index in [-0.39, 0.29) is 29.1 Å². The molecule has 10 heteroatoms. The minimum absolute atomic E-state index is 0.156. The summed E-state index contributed by atoms with van der Waals surface area (Å²) >= 11 is 0. The van der Waals surface area contributed by atoms with Gasteiger partial charge in [0, 0.05) is 37.8 Å². The van der Waals surface area contributed by atoms with Gasteiger partial charge in [-0.15, -0.1) is 0 Å². The van der Waals surface area contributed by atoms with Crippen LogP contribution in [0.15, 0.2) is 94.1 Å². The van der Waals surface area contributed by atoms with Crippen molar-refractivity contribution in [1.29, 1.82) is 0 Å². The number of hydrogen-bond donors (Lipinski definition) is 1. The first-order chi connectivity index (χ1) is 18.7. The lowest BCUT2D eigenvalue weighted by Gasteiger charge is -2.28. The number of carbonyl (C=O) groups excluding carboxylic acids is 1. The molecule has 1 amide bonds. The Morgan fingerprint density at radius 1 is 1.13 bits per heavy atom. The number of nitrogens with zero attached hydrogens (tertiary/aromatic N) is 4. The van der Waals surface area contributed by atoms with E-state index < -0.39 is 22.0 Å². The molecule has 2 aromatic heterocycles. The van der Waals surface area contributed by atoms with Gasteiger partial charge in [-0.05, 0) is 43.2 Å². The van der Waals surface area contributed by atoms with Crippen molar-refractivity contribution in [1.82, 2.24) is 23.7 Å². The molecule has 0 spiro atoms. The number of amides is 1. The fourth-order valence-electron chi connectivity index (χ4n) is 5.80. The number of sulfonamides is 1. The molecular weight excluding hydrogens is 514 g/mol. The van der Waals surface area contributed by atoms with Gasteiger partial charge in [-0.3, -0.25) is 13.9 Å². The molecule has 1 aliphatic carbocycles. The molecule has 0 radical (unpaired) electrons. The number of allylic oxidation sites excluding steroid dienone is 2. The van der Waals surface area contributed by atoms with Crippen molar-refractivity contribution in [2.24, 2.45) is 5.92 Å².